The molecule has 0 amide bonds. The van der Waals surface area contributed by atoms with Crippen molar-refractivity contribution in [3.63, 3.8) is 0 Å². The molecular formula is C14H16FNS. The Bertz CT molecular complexity index is 492. The van der Waals surface area contributed by atoms with Gasteiger partial charge in [0.25, 0.3) is 0 Å². The van der Waals surface area contributed by atoms with Gasteiger partial charge in [-0.3, -0.25) is 0 Å². The Hall–Kier alpha value is -1.19. The van der Waals surface area contributed by atoms with Crippen LogP contribution in [0.25, 0.3) is 0 Å². The van der Waals surface area contributed by atoms with Crippen LogP contribution in [0.1, 0.15) is 29.7 Å². The fraction of sp³-hybridized carbons (Fsp3) is 0.286. The summed E-state index contributed by atoms with van der Waals surface area (Å²) in [5, 5.41) is 7.61. The average molecular weight is 249 g/mol. The molecule has 90 valence electrons. The Kier molecular flexibility index (Phi) is 3.92. The smallest absolute Gasteiger partial charge is 0.127 e. The summed E-state index contributed by atoms with van der Waals surface area (Å²) in [4.78, 5) is 0. The van der Waals surface area contributed by atoms with Gasteiger partial charge >= 0.3 is 0 Å². The normalized spacial score (nSPS) is 12.6. The summed E-state index contributed by atoms with van der Waals surface area (Å²) in [6.45, 7) is 4.87. The van der Waals surface area contributed by atoms with Crippen molar-refractivity contribution in [1.29, 1.82) is 0 Å². The van der Waals surface area contributed by atoms with E-state index in [1.807, 2.05) is 19.1 Å². The van der Waals surface area contributed by atoms with Crippen molar-refractivity contribution in [3.8, 4) is 0 Å². The number of hydrogen-bond acceptors (Lipinski definition) is 2. The fourth-order valence-electron chi connectivity index (χ4n) is 1.77. The molecular weight excluding hydrogens is 233 g/mol. The summed E-state index contributed by atoms with van der Waals surface area (Å²) in [5.41, 5.74) is 3.31. The first-order valence-electron chi connectivity index (χ1n) is 5.68. The maximum Gasteiger partial charge on any atom is 0.127 e. The minimum absolute atomic E-state index is 0.0236. The first-order chi connectivity index (χ1) is 8.18. The first-order valence-corrected chi connectivity index (χ1v) is 6.62. The van der Waals surface area contributed by atoms with Crippen molar-refractivity contribution in [2.45, 2.75) is 26.4 Å². The van der Waals surface area contributed by atoms with Gasteiger partial charge in [-0.2, -0.15) is 11.3 Å². The second kappa shape index (κ2) is 5.43. The van der Waals surface area contributed by atoms with Crippen LogP contribution in [0.3, 0.4) is 0 Å². The Morgan fingerprint density at radius 2 is 2.06 bits per heavy atom. The highest BCUT2D eigenvalue weighted by Crippen LogP contribution is 2.18. The van der Waals surface area contributed by atoms with Crippen molar-refractivity contribution in [2.75, 3.05) is 0 Å². The quantitative estimate of drug-likeness (QED) is 0.862. The zero-order valence-electron chi connectivity index (χ0n) is 10.0. The van der Waals surface area contributed by atoms with Crippen LogP contribution in [0.2, 0.25) is 0 Å². The Labute approximate surface area is 105 Å². The second-order valence-electron chi connectivity index (χ2n) is 4.20. The molecule has 0 aliphatic carbocycles. The third-order valence-corrected chi connectivity index (χ3v) is 3.84. The van der Waals surface area contributed by atoms with Crippen LogP contribution < -0.4 is 5.32 Å². The van der Waals surface area contributed by atoms with E-state index in [0.29, 0.717) is 0 Å². The van der Waals surface area contributed by atoms with Gasteiger partial charge in [0.1, 0.15) is 5.82 Å². The first kappa shape index (κ1) is 12.3. The van der Waals surface area contributed by atoms with Crippen molar-refractivity contribution in [2.24, 2.45) is 0 Å². The summed E-state index contributed by atoms with van der Waals surface area (Å²) in [5.74, 6) is -0.144. The van der Waals surface area contributed by atoms with E-state index in [0.717, 1.165) is 12.1 Å². The molecule has 17 heavy (non-hydrogen) atoms. The lowest BCUT2D eigenvalue weighted by atomic mass is 10.1. The molecule has 0 aliphatic heterocycles. The third-order valence-electron chi connectivity index (χ3n) is 2.93. The molecule has 2 aromatic rings. The average Bonchev–Trinajstić information content (AvgIpc) is 2.72. The molecule has 0 spiro atoms. The van der Waals surface area contributed by atoms with E-state index >= 15 is 0 Å². The van der Waals surface area contributed by atoms with Gasteiger partial charge in [0.05, 0.1) is 0 Å². The number of halogens is 1. The standard InChI is InChI=1S/C14H16FNS/c1-10-8-17-9-12(10)7-16-11(2)13-5-3-4-6-14(13)15/h3-6,8-9,11,16H,7H2,1-2H3. The molecule has 1 heterocycles. The van der Waals surface area contributed by atoms with Gasteiger partial charge in [0, 0.05) is 18.2 Å². The van der Waals surface area contributed by atoms with E-state index in [1.54, 1.807) is 17.4 Å². The zero-order valence-corrected chi connectivity index (χ0v) is 10.9. The minimum atomic E-state index is -0.144. The van der Waals surface area contributed by atoms with Gasteiger partial charge in [0.15, 0.2) is 0 Å². The van der Waals surface area contributed by atoms with Gasteiger partial charge in [-0.25, -0.2) is 4.39 Å². The zero-order chi connectivity index (χ0) is 12.3. The van der Waals surface area contributed by atoms with Crippen molar-refractivity contribution < 1.29 is 4.39 Å². The molecule has 0 radical (unpaired) electrons. The molecule has 1 aromatic heterocycles. The Morgan fingerprint density at radius 3 is 2.71 bits per heavy atom. The maximum atomic E-state index is 13.5. The molecule has 1 nitrogen and oxygen atoms in total. The SMILES string of the molecule is Cc1cscc1CNC(C)c1ccccc1F. The molecule has 1 unspecified atom stereocenters. The molecule has 0 saturated heterocycles. The van der Waals surface area contributed by atoms with E-state index in [-0.39, 0.29) is 11.9 Å². The second-order valence-corrected chi connectivity index (χ2v) is 4.95. The summed E-state index contributed by atoms with van der Waals surface area (Å²) < 4.78 is 13.5. The van der Waals surface area contributed by atoms with Crippen molar-refractivity contribution in [3.05, 3.63) is 57.5 Å². The van der Waals surface area contributed by atoms with E-state index in [2.05, 4.69) is 23.0 Å². The van der Waals surface area contributed by atoms with Gasteiger partial charge in [0.2, 0.25) is 0 Å². The number of hydrogen-bond donors (Lipinski definition) is 1. The van der Waals surface area contributed by atoms with Crippen LogP contribution in [-0.4, -0.2) is 0 Å². The summed E-state index contributed by atoms with van der Waals surface area (Å²) in [6, 6.07) is 6.94. The fourth-order valence-corrected chi connectivity index (χ4v) is 2.62. The van der Waals surface area contributed by atoms with Crippen LogP contribution in [0, 0.1) is 12.7 Å². The highest BCUT2D eigenvalue weighted by atomic mass is 32.1. The van der Waals surface area contributed by atoms with Gasteiger partial charge < -0.3 is 5.32 Å². The lowest BCUT2D eigenvalue weighted by Crippen LogP contribution is -2.19. The number of rotatable bonds is 4. The molecule has 1 N–H and O–H groups in total. The van der Waals surface area contributed by atoms with E-state index < -0.39 is 0 Å². The lowest BCUT2D eigenvalue weighted by molar-refractivity contribution is 0.528. The summed E-state index contributed by atoms with van der Waals surface area (Å²) in [7, 11) is 0. The van der Waals surface area contributed by atoms with Gasteiger partial charge in [-0.15, -0.1) is 0 Å². The van der Waals surface area contributed by atoms with E-state index in [4.69, 9.17) is 0 Å². The summed E-state index contributed by atoms with van der Waals surface area (Å²) in [6.07, 6.45) is 0. The lowest BCUT2D eigenvalue weighted by Gasteiger charge is -2.14. The van der Waals surface area contributed by atoms with Gasteiger partial charge in [-0.05, 0) is 41.8 Å². The van der Waals surface area contributed by atoms with Crippen LogP contribution in [0.4, 0.5) is 4.39 Å². The number of aryl methyl sites for hydroxylation is 1. The third kappa shape index (κ3) is 2.93. The molecule has 0 saturated carbocycles. The van der Waals surface area contributed by atoms with Crippen molar-refractivity contribution in [1.82, 2.24) is 5.32 Å². The molecule has 0 aliphatic rings. The molecule has 1 atom stereocenters. The van der Waals surface area contributed by atoms with Crippen molar-refractivity contribution >= 4 is 11.3 Å². The molecule has 0 fully saturated rings. The number of nitrogens with one attached hydrogen (secondary N) is 1. The maximum absolute atomic E-state index is 13.5. The van der Waals surface area contributed by atoms with E-state index in [9.17, 15) is 4.39 Å². The van der Waals surface area contributed by atoms with Crippen LogP contribution >= 0.6 is 11.3 Å². The van der Waals surface area contributed by atoms with Crippen LogP contribution in [-0.2, 0) is 6.54 Å². The molecule has 2 rings (SSSR count). The highest BCUT2D eigenvalue weighted by Gasteiger charge is 2.10. The highest BCUT2D eigenvalue weighted by molar-refractivity contribution is 7.08. The molecule has 1 aromatic carbocycles. The van der Waals surface area contributed by atoms with Crippen LogP contribution in [0.15, 0.2) is 35.0 Å². The predicted molar refractivity (Wildman–Crippen MR) is 70.7 cm³/mol. The minimum Gasteiger partial charge on any atom is -0.306 e. The number of thiophene rings is 1. The molecule has 3 heteroatoms. The predicted octanol–water partition coefficient (Wildman–Crippen LogP) is 4.05. The molecule has 0 bridgehead atoms. The van der Waals surface area contributed by atoms with Gasteiger partial charge in [-0.1, -0.05) is 18.2 Å². The Morgan fingerprint density at radius 1 is 1.29 bits per heavy atom. The number of benzene rings is 1. The van der Waals surface area contributed by atoms with E-state index in [1.165, 1.54) is 17.2 Å². The summed E-state index contributed by atoms with van der Waals surface area (Å²) >= 11 is 1.70. The monoisotopic (exact) mass is 249 g/mol. The largest absolute Gasteiger partial charge is 0.306 e. The van der Waals surface area contributed by atoms with Crippen LogP contribution in [0.5, 0.6) is 0 Å². The topological polar surface area (TPSA) is 12.0 Å². The Balaban J connectivity index is 2.01.